The number of hydrogen-bond donors (Lipinski definition) is 2. The summed E-state index contributed by atoms with van der Waals surface area (Å²) < 4.78 is 0. The Hall–Kier alpha value is -0.940. The molecule has 0 aromatic carbocycles. The van der Waals surface area contributed by atoms with Crippen LogP contribution in [0.5, 0.6) is 0 Å². The topological polar surface area (TPSA) is 75.4 Å². The minimum Gasteiger partial charge on any atom is -0.326 e. The molecule has 2 fully saturated rings. The van der Waals surface area contributed by atoms with Gasteiger partial charge in [0.2, 0.25) is 11.8 Å². The fourth-order valence-electron chi connectivity index (χ4n) is 2.49. The second-order valence-electron chi connectivity index (χ2n) is 4.39. The van der Waals surface area contributed by atoms with Gasteiger partial charge in [0, 0.05) is 12.1 Å². The van der Waals surface area contributed by atoms with Crippen molar-refractivity contribution in [1.29, 1.82) is 0 Å². The first-order valence-corrected chi connectivity index (χ1v) is 5.49. The molecule has 5 heteroatoms. The van der Waals surface area contributed by atoms with Crippen LogP contribution in [0.1, 0.15) is 25.7 Å². The van der Waals surface area contributed by atoms with Gasteiger partial charge in [0.1, 0.15) is 0 Å². The van der Waals surface area contributed by atoms with Gasteiger partial charge < -0.3 is 5.73 Å². The van der Waals surface area contributed by atoms with E-state index < -0.39 is 0 Å². The smallest absolute Gasteiger partial charge is 0.240 e. The molecule has 0 radical (unpaired) electrons. The van der Waals surface area contributed by atoms with Crippen molar-refractivity contribution < 1.29 is 9.59 Å². The van der Waals surface area contributed by atoms with E-state index in [2.05, 4.69) is 5.32 Å². The Kier molecular flexibility index (Phi) is 3.02. The average molecular weight is 211 g/mol. The van der Waals surface area contributed by atoms with Crippen LogP contribution in [0.25, 0.3) is 0 Å². The van der Waals surface area contributed by atoms with E-state index in [1.807, 2.05) is 4.90 Å². The lowest BCUT2D eigenvalue weighted by molar-refractivity contribution is -0.137. The van der Waals surface area contributed by atoms with Gasteiger partial charge in [0.15, 0.2) is 0 Å². The summed E-state index contributed by atoms with van der Waals surface area (Å²) in [6, 6.07) is 0.311. The Balaban J connectivity index is 2.01. The van der Waals surface area contributed by atoms with Crippen LogP contribution >= 0.6 is 0 Å². The van der Waals surface area contributed by atoms with Gasteiger partial charge >= 0.3 is 0 Å². The first-order chi connectivity index (χ1) is 7.16. The summed E-state index contributed by atoms with van der Waals surface area (Å²) in [5.41, 5.74) is 6.02. The van der Waals surface area contributed by atoms with E-state index in [0.717, 1.165) is 25.7 Å². The number of carbonyl (C=O) groups excluding carboxylic acids is 2. The van der Waals surface area contributed by atoms with Crippen LogP contribution in [0.15, 0.2) is 0 Å². The van der Waals surface area contributed by atoms with E-state index in [9.17, 15) is 9.59 Å². The highest BCUT2D eigenvalue weighted by Crippen LogP contribution is 2.22. The van der Waals surface area contributed by atoms with Gasteiger partial charge in [0.05, 0.1) is 13.1 Å². The molecule has 2 amide bonds. The second-order valence-corrected chi connectivity index (χ2v) is 4.39. The van der Waals surface area contributed by atoms with Crippen molar-refractivity contribution in [3.63, 3.8) is 0 Å². The summed E-state index contributed by atoms with van der Waals surface area (Å²) in [6.45, 7) is 0.619. The largest absolute Gasteiger partial charge is 0.326 e. The van der Waals surface area contributed by atoms with E-state index in [4.69, 9.17) is 5.73 Å². The number of imide groups is 1. The van der Waals surface area contributed by atoms with Crippen LogP contribution in [0.3, 0.4) is 0 Å². The van der Waals surface area contributed by atoms with Crippen molar-refractivity contribution in [2.45, 2.75) is 37.8 Å². The SMILES string of the molecule is NC1CCCCC1N1CC(=O)NC(=O)C1. The number of nitrogens with two attached hydrogens (primary N) is 1. The van der Waals surface area contributed by atoms with Gasteiger partial charge in [-0.3, -0.25) is 19.8 Å². The maximum Gasteiger partial charge on any atom is 0.240 e. The number of piperazine rings is 1. The Morgan fingerprint density at radius 2 is 1.73 bits per heavy atom. The highest BCUT2D eigenvalue weighted by atomic mass is 16.2. The molecule has 2 rings (SSSR count). The lowest BCUT2D eigenvalue weighted by atomic mass is 9.89. The first kappa shape index (κ1) is 10.6. The van der Waals surface area contributed by atoms with Crippen LogP contribution < -0.4 is 11.1 Å². The van der Waals surface area contributed by atoms with Gasteiger partial charge in [-0.05, 0) is 12.8 Å². The lowest BCUT2D eigenvalue weighted by Crippen LogP contribution is -2.59. The Morgan fingerprint density at radius 1 is 1.13 bits per heavy atom. The molecular formula is C10H17N3O2. The molecule has 1 saturated carbocycles. The number of rotatable bonds is 1. The van der Waals surface area contributed by atoms with Crippen molar-refractivity contribution in [2.24, 2.45) is 5.73 Å². The van der Waals surface area contributed by atoms with Crippen molar-refractivity contribution >= 4 is 11.8 Å². The van der Waals surface area contributed by atoms with E-state index in [1.54, 1.807) is 0 Å². The predicted molar refractivity (Wildman–Crippen MR) is 55.0 cm³/mol. The Bertz CT molecular complexity index is 264. The highest BCUT2D eigenvalue weighted by Gasteiger charge is 2.32. The number of amides is 2. The fraction of sp³-hybridized carbons (Fsp3) is 0.800. The number of nitrogens with one attached hydrogen (secondary N) is 1. The van der Waals surface area contributed by atoms with Crippen LogP contribution in [-0.2, 0) is 9.59 Å². The zero-order chi connectivity index (χ0) is 10.8. The molecule has 0 aromatic heterocycles. The molecule has 15 heavy (non-hydrogen) atoms. The molecule has 5 nitrogen and oxygen atoms in total. The van der Waals surface area contributed by atoms with Gasteiger partial charge in [-0.2, -0.15) is 0 Å². The molecule has 0 spiro atoms. The minimum atomic E-state index is -0.205. The third-order valence-corrected chi connectivity index (χ3v) is 3.22. The van der Waals surface area contributed by atoms with Crippen molar-refractivity contribution in [3.8, 4) is 0 Å². The van der Waals surface area contributed by atoms with Crippen LogP contribution in [0.4, 0.5) is 0 Å². The third kappa shape index (κ3) is 2.35. The quantitative estimate of drug-likeness (QED) is 0.558. The van der Waals surface area contributed by atoms with Gasteiger partial charge in [-0.1, -0.05) is 12.8 Å². The summed E-state index contributed by atoms with van der Waals surface area (Å²) in [6.07, 6.45) is 4.30. The van der Waals surface area contributed by atoms with Gasteiger partial charge in [-0.25, -0.2) is 0 Å². The van der Waals surface area contributed by atoms with E-state index in [0.29, 0.717) is 13.1 Å². The van der Waals surface area contributed by atoms with E-state index in [1.165, 1.54) is 0 Å². The maximum absolute atomic E-state index is 11.2. The van der Waals surface area contributed by atoms with Gasteiger partial charge in [-0.15, -0.1) is 0 Å². The first-order valence-electron chi connectivity index (χ1n) is 5.49. The molecule has 0 aromatic rings. The monoisotopic (exact) mass is 211 g/mol. The molecule has 1 aliphatic carbocycles. The average Bonchev–Trinajstić information content (AvgIpc) is 2.16. The van der Waals surface area contributed by atoms with Crippen molar-refractivity contribution in [2.75, 3.05) is 13.1 Å². The predicted octanol–water partition coefficient (Wildman–Crippen LogP) is -0.785. The normalized spacial score (nSPS) is 33.9. The molecule has 2 aliphatic rings. The molecule has 2 atom stereocenters. The summed E-state index contributed by atoms with van der Waals surface area (Å²) in [5.74, 6) is -0.409. The summed E-state index contributed by atoms with van der Waals surface area (Å²) >= 11 is 0. The van der Waals surface area contributed by atoms with Crippen LogP contribution in [-0.4, -0.2) is 41.9 Å². The van der Waals surface area contributed by atoms with Crippen LogP contribution in [0, 0.1) is 0 Å². The zero-order valence-corrected chi connectivity index (χ0v) is 8.74. The summed E-state index contributed by atoms with van der Waals surface area (Å²) in [5, 5.41) is 2.30. The lowest BCUT2D eigenvalue weighted by Gasteiger charge is -2.39. The third-order valence-electron chi connectivity index (χ3n) is 3.22. The molecule has 1 heterocycles. The molecular weight excluding hydrogens is 194 g/mol. The molecule has 84 valence electrons. The van der Waals surface area contributed by atoms with Gasteiger partial charge in [0.25, 0.3) is 0 Å². The Morgan fingerprint density at radius 3 is 2.33 bits per heavy atom. The number of carbonyl (C=O) groups is 2. The molecule has 0 bridgehead atoms. The van der Waals surface area contributed by atoms with E-state index in [-0.39, 0.29) is 23.9 Å². The Labute approximate surface area is 89.0 Å². The maximum atomic E-state index is 11.2. The zero-order valence-electron chi connectivity index (χ0n) is 8.74. The van der Waals surface area contributed by atoms with Crippen LogP contribution in [0.2, 0.25) is 0 Å². The highest BCUT2D eigenvalue weighted by molar-refractivity contribution is 5.99. The molecule has 1 aliphatic heterocycles. The minimum absolute atomic E-state index is 0.109. The molecule has 3 N–H and O–H groups in total. The second kappa shape index (κ2) is 4.28. The summed E-state index contributed by atoms with van der Waals surface area (Å²) in [4.78, 5) is 24.4. The molecule has 2 unspecified atom stereocenters. The fourth-order valence-corrected chi connectivity index (χ4v) is 2.49. The summed E-state index contributed by atoms with van der Waals surface area (Å²) in [7, 11) is 0. The molecule has 1 saturated heterocycles. The van der Waals surface area contributed by atoms with Crippen molar-refractivity contribution in [1.82, 2.24) is 10.2 Å². The number of nitrogens with zero attached hydrogens (tertiary/aromatic N) is 1. The van der Waals surface area contributed by atoms with Crippen molar-refractivity contribution in [3.05, 3.63) is 0 Å². The number of hydrogen-bond acceptors (Lipinski definition) is 4. The van der Waals surface area contributed by atoms with E-state index >= 15 is 0 Å². The standard InChI is InChI=1S/C10H17N3O2/c11-7-3-1-2-4-8(7)13-5-9(14)12-10(15)6-13/h7-8H,1-6,11H2,(H,12,14,15).